The van der Waals surface area contributed by atoms with Gasteiger partial charge < -0.3 is 14.4 Å². The zero-order valence-corrected chi connectivity index (χ0v) is 84.2. The van der Waals surface area contributed by atoms with E-state index in [2.05, 4.69) is 142 Å². The monoisotopic (exact) mass is 1740 g/mol. The Balaban J connectivity index is 1.33. The van der Waals surface area contributed by atoms with Crippen molar-refractivity contribution in [2.75, 3.05) is 9.80 Å². The molecule has 16 rings (SSSR count). The van der Waals surface area contributed by atoms with Crippen molar-refractivity contribution in [1.82, 2.24) is 4.57 Å². The van der Waals surface area contributed by atoms with Crippen LogP contribution in [0.1, 0.15) is 348 Å². The zero-order valence-electron chi connectivity index (χ0n) is 107. The van der Waals surface area contributed by atoms with Gasteiger partial charge in [-0.1, -0.05) is 413 Å². The third-order valence-electron chi connectivity index (χ3n) is 25.8. The van der Waals surface area contributed by atoms with E-state index in [0.29, 0.717) is 33.2 Å². The van der Waals surface area contributed by atoms with E-state index < -0.39 is 169 Å². The van der Waals surface area contributed by atoms with Crippen LogP contribution in [0.3, 0.4) is 0 Å². The minimum Gasteiger partial charge on any atom is -0.310 e. The van der Waals surface area contributed by atoms with E-state index in [0.717, 1.165) is 44.1 Å². The van der Waals surface area contributed by atoms with E-state index in [1.165, 1.54) is 0 Å². The van der Waals surface area contributed by atoms with Crippen LogP contribution in [-0.2, 0) is 65.0 Å². The SMILES string of the molecule is [2H]c1c([2H])c([2H])c(-c2ccc3c(c2)N(c2c(-c4c([2H])c([2H])c(C(C)(C)C)c([2H])c4[2H])c([2H])c(C(C)(C)C)c([2H])c2-c2c([2H])c(C(C)(C)C)c([2H])c(C(C)(C)C)c2[2H])c2cc(-c4cc(C(C)(C)C)cc(C(C)(C)C)c4)cc4c2B3c2ccc(-n3c5ccc(C(C)(C)C)cc5c5cc(C(C)(C)C)ccc53)cc2N4c2c(-c3c([2H])c([2H])c(C(C)(C)C)c([2H])c3[2H])c([2H])c(C(C)(C)C)c([2H])c2-c2c([2H])c([2H])c(C(C)(C)C)c([2H])c2C(C)(C)C)c([2H])c1[2H]. The van der Waals surface area contributed by atoms with Gasteiger partial charge in [-0.3, -0.25) is 0 Å². The second-order valence-corrected chi connectivity index (χ2v) is 49.1. The lowest BCUT2D eigenvalue weighted by Crippen LogP contribution is -2.61. The quantitative estimate of drug-likeness (QED) is 0.133. The highest BCUT2D eigenvalue weighted by molar-refractivity contribution is 7.00. The maximum Gasteiger partial charge on any atom is 0.252 e. The molecule has 130 heavy (non-hydrogen) atoms. The van der Waals surface area contributed by atoms with Crippen molar-refractivity contribution < 1.29 is 31.5 Å². The molecule has 2 aliphatic heterocycles. The molecule has 0 atom stereocenters. The highest BCUT2D eigenvalue weighted by Gasteiger charge is 2.47. The van der Waals surface area contributed by atoms with Crippen LogP contribution in [0.25, 0.3) is 94.3 Å². The number of aromatic nitrogens is 1. The number of fused-ring (bicyclic) bond motifs is 7. The molecule has 0 unspecified atom stereocenters. The molecule has 0 radical (unpaired) electrons. The number of hydrogen-bond donors (Lipinski definition) is 0. The summed E-state index contributed by atoms with van der Waals surface area (Å²) in [6, 6.07) is 23.9. The first kappa shape index (κ1) is 67.5. The molecule has 2 aliphatic rings. The number of nitrogens with zero attached hydrogens (tertiary/aromatic N) is 3. The standard InChI is InChI=1S/C126H148BN3/c1-115(2,3)84-47-42-78(43-48-84)97-71-93(124(28,29)30)73-99(83-62-91(122(22,23)24)68-92(63-83)123(25,26)27)113(97)129-108-64-80(77-40-38-37-39-41-77)46-56-104(108)127-105-57-54-95(128-106-58-52-86(117(7,8)9)69-100(106)101-70-87(118(10,11)12)53-59-107(101)128)76-109(105)130(111-66-82(65-110(129)112(111)127)81-60-89(120(16,17)18)67-90(61-81)121(19,20)21)114-98(79-44-49-85(50-45-79)116(4,5)6)72-94(125(31,32)33)74-102(114)96-55-51-88(119(13,14)15)75-103(96)126(34,35)36/h37-76H,1-36H3/i37D,38D,39D,40D,41D,42D,43D,44D,45D,47D,48D,49D,50D,51D,55D,62D,63D,68D,71D,72D,73D,74D,75D. The average molecular weight is 1740 g/mol. The summed E-state index contributed by atoms with van der Waals surface area (Å²) in [4.78, 5) is 3.69. The summed E-state index contributed by atoms with van der Waals surface area (Å²) in [7, 11) is 0. The van der Waals surface area contributed by atoms with Crippen molar-refractivity contribution in [1.29, 1.82) is 0 Å². The van der Waals surface area contributed by atoms with Gasteiger partial charge in [-0.2, -0.15) is 0 Å². The average Bonchev–Trinajstić information content (AvgIpc) is 1.06. The molecule has 670 valence electrons. The Morgan fingerprint density at radius 3 is 1.00 bits per heavy atom. The molecule has 1 aromatic heterocycles. The van der Waals surface area contributed by atoms with E-state index >= 15 is 0 Å². The van der Waals surface area contributed by atoms with Gasteiger partial charge in [0.05, 0.1) is 53.9 Å². The van der Waals surface area contributed by atoms with E-state index in [4.69, 9.17) is 1.37 Å². The third kappa shape index (κ3) is 17.4. The van der Waals surface area contributed by atoms with Gasteiger partial charge in [-0.25, -0.2) is 0 Å². The first-order valence-corrected chi connectivity index (χ1v) is 46.5. The van der Waals surface area contributed by atoms with Crippen LogP contribution in [0.2, 0.25) is 0 Å². The first-order chi connectivity index (χ1) is 69.7. The lowest BCUT2D eigenvalue weighted by atomic mass is 9.33. The van der Waals surface area contributed by atoms with Gasteiger partial charge in [-0.15, -0.1) is 0 Å². The largest absolute Gasteiger partial charge is 0.310 e. The Morgan fingerprint density at radius 1 is 0.223 bits per heavy atom. The van der Waals surface area contributed by atoms with Gasteiger partial charge in [0.15, 0.2) is 0 Å². The molecule has 3 heterocycles. The smallest absolute Gasteiger partial charge is 0.252 e. The summed E-state index contributed by atoms with van der Waals surface area (Å²) in [6.45, 7) is 68.8. The van der Waals surface area contributed by atoms with Crippen molar-refractivity contribution in [2.45, 2.75) is 314 Å². The molecule has 3 nitrogen and oxygen atoms in total. The van der Waals surface area contributed by atoms with Crippen molar-refractivity contribution in [3.05, 3.63) is 309 Å². The van der Waals surface area contributed by atoms with Gasteiger partial charge in [0.2, 0.25) is 0 Å². The summed E-state index contributed by atoms with van der Waals surface area (Å²) >= 11 is 0. The molecule has 0 bridgehead atoms. The maximum atomic E-state index is 12.0. The van der Waals surface area contributed by atoms with Crippen molar-refractivity contribution >= 4 is 79.0 Å². The minimum atomic E-state index is -1.31. The summed E-state index contributed by atoms with van der Waals surface area (Å²) < 4.78 is 251. The molecule has 14 aromatic rings. The summed E-state index contributed by atoms with van der Waals surface area (Å²) in [5, 5.41) is 1.84. The Hall–Kier alpha value is -10.7. The molecule has 0 N–H and O–H groups in total. The van der Waals surface area contributed by atoms with Gasteiger partial charge in [0.1, 0.15) is 0 Å². The van der Waals surface area contributed by atoms with Gasteiger partial charge >= 0.3 is 0 Å². The fourth-order valence-electron chi connectivity index (χ4n) is 17.7. The number of hydrogen-bond acceptors (Lipinski definition) is 2. The number of benzene rings is 13. The summed E-state index contributed by atoms with van der Waals surface area (Å²) in [5.41, 5.74) is -4.21. The van der Waals surface area contributed by atoms with E-state index in [1.807, 2.05) is 160 Å². The third-order valence-corrected chi connectivity index (χ3v) is 25.8. The second kappa shape index (κ2) is 31.5. The minimum absolute atomic E-state index is 0.0150. The fraction of sp³-hybridized carbons (Fsp3) is 0.381. The van der Waals surface area contributed by atoms with Crippen molar-refractivity contribution in [3.8, 4) is 72.4 Å². The molecular formula is C126H148BN3. The Bertz CT molecular complexity index is 8060. The summed E-state index contributed by atoms with van der Waals surface area (Å²) in [5.74, 6) is 0. The van der Waals surface area contributed by atoms with Crippen LogP contribution in [-0.4, -0.2) is 11.3 Å². The maximum absolute atomic E-state index is 12.0. The van der Waals surface area contributed by atoms with Crippen molar-refractivity contribution in [2.24, 2.45) is 0 Å². The molecule has 0 aliphatic carbocycles. The zero-order chi connectivity index (χ0) is 115. The molecule has 0 spiro atoms. The molecular weight excluding hydrogens is 1570 g/mol. The topological polar surface area (TPSA) is 11.4 Å². The molecule has 0 saturated heterocycles. The van der Waals surface area contributed by atoms with Crippen LogP contribution in [0, 0.1) is 0 Å². The van der Waals surface area contributed by atoms with E-state index in [-0.39, 0.29) is 176 Å². The van der Waals surface area contributed by atoms with Crippen LogP contribution >= 0.6 is 0 Å². The summed E-state index contributed by atoms with van der Waals surface area (Å²) in [6.07, 6.45) is 0. The first-order valence-electron chi connectivity index (χ1n) is 58.0. The van der Waals surface area contributed by atoms with Crippen LogP contribution < -0.4 is 26.2 Å². The molecule has 4 heteroatoms. The number of rotatable bonds is 9. The van der Waals surface area contributed by atoms with Crippen LogP contribution in [0.15, 0.2) is 242 Å². The predicted molar refractivity (Wildman–Crippen MR) is 572 cm³/mol. The van der Waals surface area contributed by atoms with Crippen molar-refractivity contribution in [3.63, 3.8) is 0 Å². The molecule has 13 aromatic carbocycles. The Labute approximate surface area is 816 Å². The van der Waals surface area contributed by atoms with E-state index in [1.54, 1.807) is 64.6 Å². The van der Waals surface area contributed by atoms with Gasteiger partial charge in [-0.05, 0) is 271 Å². The Kier molecular flexibility index (Phi) is 16.4. The van der Waals surface area contributed by atoms with Gasteiger partial charge in [0, 0.05) is 61.5 Å². The number of anilines is 6. The van der Waals surface area contributed by atoms with Gasteiger partial charge in [0.25, 0.3) is 6.71 Å². The highest BCUT2D eigenvalue weighted by Crippen LogP contribution is 2.58. The lowest BCUT2D eigenvalue weighted by Gasteiger charge is -2.46. The second-order valence-electron chi connectivity index (χ2n) is 49.1. The van der Waals surface area contributed by atoms with Crippen LogP contribution in [0.5, 0.6) is 0 Å². The van der Waals surface area contributed by atoms with E-state index in [9.17, 15) is 30.2 Å². The lowest BCUT2D eigenvalue weighted by molar-refractivity contribution is 0.568. The molecule has 0 saturated carbocycles. The predicted octanol–water partition coefficient (Wildman–Crippen LogP) is 34.4. The fourth-order valence-corrected chi connectivity index (χ4v) is 17.7. The molecule has 0 fully saturated rings. The highest BCUT2D eigenvalue weighted by atomic mass is 15.2. The molecule has 0 amide bonds. The Morgan fingerprint density at radius 2 is 0.585 bits per heavy atom. The van der Waals surface area contributed by atoms with Crippen LogP contribution in [0.4, 0.5) is 34.1 Å². The normalized spacial score (nSPS) is 16.4.